The zero-order chi connectivity index (χ0) is 16.4. The Balaban J connectivity index is 1.99. The van der Waals surface area contributed by atoms with E-state index in [4.69, 9.17) is 4.74 Å². The number of nitrogens with one attached hydrogen (secondary N) is 1. The van der Waals surface area contributed by atoms with E-state index in [0.717, 1.165) is 22.2 Å². The van der Waals surface area contributed by atoms with E-state index in [-0.39, 0.29) is 4.90 Å². The number of ether oxygens (including phenoxy) is 1. The molecule has 0 saturated carbocycles. The lowest BCUT2D eigenvalue weighted by Crippen LogP contribution is -2.18. The molecule has 1 heterocycles. The van der Waals surface area contributed by atoms with Crippen LogP contribution in [0.5, 0.6) is 5.75 Å². The number of fused-ring (bicyclic) bond motifs is 1. The van der Waals surface area contributed by atoms with Gasteiger partial charge >= 0.3 is 0 Å². The Kier molecular flexibility index (Phi) is 4.06. The third kappa shape index (κ3) is 2.93. The number of nitrogens with zero attached hydrogens (tertiary/aromatic N) is 2. The average Bonchev–Trinajstić information content (AvgIpc) is 2.98. The van der Waals surface area contributed by atoms with Gasteiger partial charge in [-0.1, -0.05) is 18.2 Å². The predicted octanol–water partition coefficient (Wildman–Crippen LogP) is 2.00. The van der Waals surface area contributed by atoms with Crippen LogP contribution in [-0.2, 0) is 16.6 Å². The van der Waals surface area contributed by atoms with E-state index in [0.29, 0.717) is 6.54 Å². The summed E-state index contributed by atoms with van der Waals surface area (Å²) in [6.07, 6.45) is 1.75. The minimum atomic E-state index is -3.45. The normalized spacial score (nSPS) is 11.7. The molecular weight excluding hydrogens is 314 g/mol. The SMILES string of the molecule is CNS(=O)(=O)c1cccc(Cn2ncc3c(OC)cccc32)c1. The first-order valence-electron chi connectivity index (χ1n) is 7.06. The highest BCUT2D eigenvalue weighted by Crippen LogP contribution is 2.25. The topological polar surface area (TPSA) is 73.2 Å². The van der Waals surface area contributed by atoms with Crippen molar-refractivity contribution in [3.05, 3.63) is 54.2 Å². The van der Waals surface area contributed by atoms with E-state index in [1.54, 1.807) is 31.5 Å². The van der Waals surface area contributed by atoms with E-state index in [1.165, 1.54) is 7.05 Å². The fourth-order valence-electron chi connectivity index (χ4n) is 2.48. The Morgan fingerprint density at radius 1 is 1.22 bits per heavy atom. The summed E-state index contributed by atoms with van der Waals surface area (Å²) in [5, 5.41) is 5.31. The predicted molar refractivity (Wildman–Crippen MR) is 88.1 cm³/mol. The molecule has 6 nitrogen and oxygen atoms in total. The fraction of sp³-hybridized carbons (Fsp3) is 0.188. The van der Waals surface area contributed by atoms with E-state index < -0.39 is 10.0 Å². The van der Waals surface area contributed by atoms with Crippen molar-refractivity contribution in [2.45, 2.75) is 11.4 Å². The molecule has 0 aliphatic rings. The van der Waals surface area contributed by atoms with Crippen LogP contribution in [0.15, 0.2) is 53.6 Å². The van der Waals surface area contributed by atoms with Crippen molar-refractivity contribution in [2.75, 3.05) is 14.2 Å². The number of hydrogen-bond acceptors (Lipinski definition) is 4. The van der Waals surface area contributed by atoms with E-state index in [2.05, 4.69) is 9.82 Å². The Bertz CT molecular complexity index is 948. The fourth-order valence-corrected chi connectivity index (χ4v) is 3.28. The van der Waals surface area contributed by atoms with Crippen LogP contribution >= 0.6 is 0 Å². The Labute approximate surface area is 134 Å². The molecule has 0 aliphatic heterocycles. The van der Waals surface area contributed by atoms with Crippen molar-refractivity contribution in [2.24, 2.45) is 0 Å². The lowest BCUT2D eigenvalue weighted by molar-refractivity contribution is 0.420. The molecule has 3 rings (SSSR count). The summed E-state index contributed by atoms with van der Waals surface area (Å²) < 4.78 is 33.3. The third-order valence-corrected chi connectivity index (χ3v) is 5.09. The summed E-state index contributed by atoms with van der Waals surface area (Å²) in [6.45, 7) is 0.476. The molecule has 23 heavy (non-hydrogen) atoms. The Hall–Kier alpha value is -2.38. The van der Waals surface area contributed by atoms with Crippen LogP contribution in [0, 0.1) is 0 Å². The maximum Gasteiger partial charge on any atom is 0.240 e. The second-order valence-corrected chi connectivity index (χ2v) is 6.94. The van der Waals surface area contributed by atoms with Gasteiger partial charge in [0.15, 0.2) is 0 Å². The molecule has 0 amide bonds. The van der Waals surface area contributed by atoms with E-state index in [9.17, 15) is 8.42 Å². The highest BCUT2D eigenvalue weighted by Gasteiger charge is 2.12. The highest BCUT2D eigenvalue weighted by atomic mass is 32.2. The zero-order valence-electron chi connectivity index (χ0n) is 12.9. The minimum Gasteiger partial charge on any atom is -0.496 e. The number of methoxy groups -OCH3 is 1. The molecule has 0 fully saturated rings. The van der Waals surface area contributed by atoms with Gasteiger partial charge in [-0.2, -0.15) is 5.10 Å². The van der Waals surface area contributed by atoms with Crippen molar-refractivity contribution >= 4 is 20.9 Å². The summed E-state index contributed by atoms with van der Waals surface area (Å²) in [4.78, 5) is 0.242. The van der Waals surface area contributed by atoms with Crippen LogP contribution in [0.1, 0.15) is 5.56 Å². The molecule has 1 aromatic heterocycles. The number of sulfonamides is 1. The highest BCUT2D eigenvalue weighted by molar-refractivity contribution is 7.89. The molecule has 7 heteroatoms. The average molecular weight is 331 g/mol. The molecule has 1 N–H and O–H groups in total. The van der Waals surface area contributed by atoms with Crippen LogP contribution in [0.4, 0.5) is 0 Å². The summed E-state index contributed by atoms with van der Waals surface area (Å²) >= 11 is 0. The quantitative estimate of drug-likeness (QED) is 0.776. The van der Waals surface area contributed by atoms with Crippen LogP contribution < -0.4 is 9.46 Å². The van der Waals surface area contributed by atoms with E-state index >= 15 is 0 Å². The molecule has 0 aliphatic carbocycles. The second-order valence-electron chi connectivity index (χ2n) is 5.05. The molecular formula is C16H17N3O3S. The van der Waals surface area contributed by atoms with Gasteiger partial charge in [0.2, 0.25) is 10.0 Å². The molecule has 0 bridgehead atoms. The lowest BCUT2D eigenvalue weighted by atomic mass is 10.2. The molecule has 0 saturated heterocycles. The molecule has 0 radical (unpaired) electrons. The largest absolute Gasteiger partial charge is 0.496 e. The molecule has 0 unspecified atom stereocenters. The number of rotatable bonds is 5. The van der Waals surface area contributed by atoms with Crippen LogP contribution in [0.25, 0.3) is 10.9 Å². The number of benzene rings is 2. The summed E-state index contributed by atoms with van der Waals surface area (Å²) in [5.41, 5.74) is 1.79. The van der Waals surface area contributed by atoms with Gasteiger partial charge in [-0.05, 0) is 36.9 Å². The number of hydrogen-bond donors (Lipinski definition) is 1. The Morgan fingerprint density at radius 3 is 2.74 bits per heavy atom. The third-order valence-electron chi connectivity index (χ3n) is 3.68. The van der Waals surface area contributed by atoms with Gasteiger partial charge in [0.05, 0.1) is 35.6 Å². The molecule has 2 aromatic carbocycles. The van der Waals surface area contributed by atoms with Gasteiger partial charge in [0, 0.05) is 0 Å². The van der Waals surface area contributed by atoms with Crippen molar-refractivity contribution in [1.82, 2.24) is 14.5 Å². The van der Waals surface area contributed by atoms with E-state index in [1.807, 2.05) is 28.9 Å². The molecule has 0 atom stereocenters. The maximum atomic E-state index is 11.9. The van der Waals surface area contributed by atoms with Gasteiger partial charge < -0.3 is 4.74 Å². The summed E-state index contributed by atoms with van der Waals surface area (Å²) in [6, 6.07) is 12.6. The minimum absolute atomic E-state index is 0.242. The number of aromatic nitrogens is 2. The van der Waals surface area contributed by atoms with Gasteiger partial charge in [0.1, 0.15) is 5.75 Å². The van der Waals surface area contributed by atoms with Crippen LogP contribution in [0.3, 0.4) is 0 Å². The van der Waals surface area contributed by atoms with Crippen molar-refractivity contribution in [3.63, 3.8) is 0 Å². The first-order chi connectivity index (χ1) is 11.0. The molecule has 3 aromatic rings. The lowest BCUT2D eigenvalue weighted by Gasteiger charge is -2.08. The van der Waals surface area contributed by atoms with Gasteiger partial charge in [-0.25, -0.2) is 13.1 Å². The molecule has 120 valence electrons. The van der Waals surface area contributed by atoms with Crippen molar-refractivity contribution in [3.8, 4) is 5.75 Å². The van der Waals surface area contributed by atoms with Crippen LogP contribution in [0.2, 0.25) is 0 Å². The van der Waals surface area contributed by atoms with Crippen LogP contribution in [-0.4, -0.2) is 32.4 Å². The zero-order valence-corrected chi connectivity index (χ0v) is 13.7. The molecule has 0 spiro atoms. The van der Waals surface area contributed by atoms with Gasteiger partial charge in [-0.3, -0.25) is 4.68 Å². The second kappa shape index (κ2) is 6.02. The van der Waals surface area contributed by atoms with Crippen molar-refractivity contribution in [1.29, 1.82) is 0 Å². The summed E-state index contributed by atoms with van der Waals surface area (Å²) in [7, 11) is -0.431. The standard InChI is InChI=1S/C16H17N3O3S/c1-17-23(20,21)13-6-3-5-12(9-13)11-19-15-7-4-8-16(22-2)14(15)10-18-19/h3-10,17H,11H2,1-2H3. The Morgan fingerprint density at radius 2 is 2.00 bits per heavy atom. The first kappa shape index (κ1) is 15.5. The summed E-state index contributed by atoms with van der Waals surface area (Å²) in [5.74, 6) is 0.764. The monoisotopic (exact) mass is 331 g/mol. The smallest absolute Gasteiger partial charge is 0.240 e. The van der Waals surface area contributed by atoms with Crippen molar-refractivity contribution < 1.29 is 13.2 Å². The van der Waals surface area contributed by atoms with Gasteiger partial charge in [0.25, 0.3) is 0 Å². The van der Waals surface area contributed by atoms with Gasteiger partial charge in [-0.15, -0.1) is 0 Å². The first-order valence-corrected chi connectivity index (χ1v) is 8.54. The maximum absolute atomic E-state index is 11.9.